The molecular formula is C19H23N3O2S. The summed E-state index contributed by atoms with van der Waals surface area (Å²) in [6.45, 7) is 1.31. The van der Waals surface area contributed by atoms with Crippen molar-refractivity contribution in [3.63, 3.8) is 0 Å². The van der Waals surface area contributed by atoms with E-state index >= 15 is 0 Å². The lowest BCUT2D eigenvalue weighted by Crippen LogP contribution is -2.34. The summed E-state index contributed by atoms with van der Waals surface area (Å²) >= 11 is 1.69. The molecule has 1 fully saturated rings. The predicted molar refractivity (Wildman–Crippen MR) is 101 cm³/mol. The van der Waals surface area contributed by atoms with Crippen LogP contribution in [0.5, 0.6) is 0 Å². The Balaban J connectivity index is 1.62. The van der Waals surface area contributed by atoms with Crippen LogP contribution >= 0.6 is 11.3 Å². The van der Waals surface area contributed by atoms with Crippen LogP contribution in [0.2, 0.25) is 0 Å². The third-order valence-corrected chi connectivity index (χ3v) is 5.44. The van der Waals surface area contributed by atoms with Crippen molar-refractivity contribution in [3.05, 3.63) is 52.2 Å². The molecule has 0 bridgehead atoms. The van der Waals surface area contributed by atoms with Crippen LogP contribution in [0.3, 0.4) is 0 Å². The molecule has 0 spiro atoms. The zero-order valence-corrected chi connectivity index (χ0v) is 15.4. The summed E-state index contributed by atoms with van der Waals surface area (Å²) in [5.41, 5.74) is 1.47. The number of thiophene rings is 1. The molecule has 2 amide bonds. The van der Waals surface area contributed by atoms with Gasteiger partial charge in [-0.25, -0.2) is 0 Å². The maximum Gasteiger partial charge on any atom is 0.251 e. The first-order valence-electron chi connectivity index (χ1n) is 8.44. The summed E-state index contributed by atoms with van der Waals surface area (Å²) in [6, 6.07) is 11.5. The van der Waals surface area contributed by atoms with Gasteiger partial charge in [-0.15, -0.1) is 11.3 Å². The zero-order chi connectivity index (χ0) is 17.8. The highest BCUT2D eigenvalue weighted by Gasteiger charge is 2.22. The summed E-state index contributed by atoms with van der Waals surface area (Å²) in [5.74, 6) is 0.0599. The fraction of sp³-hybridized carbons (Fsp3) is 0.368. The van der Waals surface area contributed by atoms with Crippen molar-refractivity contribution < 1.29 is 9.59 Å². The Morgan fingerprint density at radius 1 is 1.28 bits per heavy atom. The number of carbonyl (C=O) groups excluding carboxylic acids is 2. The molecule has 1 unspecified atom stereocenters. The molecular weight excluding hydrogens is 334 g/mol. The van der Waals surface area contributed by atoms with Crippen molar-refractivity contribution in [3.8, 4) is 0 Å². The van der Waals surface area contributed by atoms with E-state index < -0.39 is 0 Å². The van der Waals surface area contributed by atoms with Gasteiger partial charge in [-0.2, -0.15) is 0 Å². The standard InChI is InChI=1S/C19H23N3O2S/c1-21(2)16(17-5-4-12-25-17)13-20-19(24)14-7-9-15(10-8-14)22-11-3-6-18(22)23/h4-5,7-10,12,16H,3,6,11,13H2,1-2H3,(H,20,24). The van der Waals surface area contributed by atoms with Gasteiger partial charge in [0.15, 0.2) is 0 Å². The maximum atomic E-state index is 12.4. The molecule has 1 aliphatic rings. The van der Waals surface area contributed by atoms with Crippen molar-refractivity contribution in [1.82, 2.24) is 10.2 Å². The van der Waals surface area contributed by atoms with Crippen molar-refractivity contribution >= 4 is 28.8 Å². The molecule has 1 atom stereocenters. The summed E-state index contributed by atoms with van der Waals surface area (Å²) in [6.07, 6.45) is 1.51. The molecule has 132 valence electrons. The highest BCUT2D eigenvalue weighted by Crippen LogP contribution is 2.23. The second kappa shape index (κ2) is 7.80. The Morgan fingerprint density at radius 2 is 2.04 bits per heavy atom. The molecule has 0 saturated carbocycles. The van der Waals surface area contributed by atoms with Gasteiger partial charge in [0.1, 0.15) is 0 Å². The number of amides is 2. The molecule has 1 aromatic heterocycles. The molecule has 1 aliphatic heterocycles. The van der Waals surface area contributed by atoms with E-state index in [9.17, 15) is 9.59 Å². The second-order valence-electron chi connectivity index (χ2n) is 6.40. The van der Waals surface area contributed by atoms with E-state index in [4.69, 9.17) is 0 Å². The van der Waals surface area contributed by atoms with Gasteiger partial charge in [0, 0.05) is 35.6 Å². The van der Waals surface area contributed by atoms with Crippen LogP contribution in [0.4, 0.5) is 5.69 Å². The van der Waals surface area contributed by atoms with Gasteiger partial charge in [0.05, 0.1) is 6.04 Å². The summed E-state index contributed by atoms with van der Waals surface area (Å²) < 4.78 is 0. The zero-order valence-electron chi connectivity index (χ0n) is 14.6. The van der Waals surface area contributed by atoms with Crippen LogP contribution in [0.25, 0.3) is 0 Å². The topological polar surface area (TPSA) is 52.7 Å². The van der Waals surface area contributed by atoms with E-state index in [-0.39, 0.29) is 17.9 Å². The van der Waals surface area contributed by atoms with Crippen LogP contribution in [-0.2, 0) is 4.79 Å². The van der Waals surface area contributed by atoms with Crippen LogP contribution in [0.15, 0.2) is 41.8 Å². The number of benzene rings is 1. The SMILES string of the molecule is CN(C)C(CNC(=O)c1ccc(N2CCCC2=O)cc1)c1cccs1. The van der Waals surface area contributed by atoms with E-state index in [2.05, 4.69) is 16.3 Å². The van der Waals surface area contributed by atoms with Gasteiger partial charge in [-0.1, -0.05) is 6.07 Å². The lowest BCUT2D eigenvalue weighted by molar-refractivity contribution is -0.117. The number of carbonyl (C=O) groups is 2. The minimum atomic E-state index is -0.0947. The van der Waals surface area contributed by atoms with Crippen molar-refractivity contribution in [2.75, 3.05) is 32.1 Å². The lowest BCUT2D eigenvalue weighted by Gasteiger charge is -2.23. The summed E-state index contributed by atoms with van der Waals surface area (Å²) in [4.78, 5) is 29.3. The van der Waals surface area contributed by atoms with E-state index in [0.717, 1.165) is 18.7 Å². The average molecular weight is 357 g/mol. The first kappa shape index (κ1) is 17.6. The minimum Gasteiger partial charge on any atom is -0.350 e. The Labute approximate surface area is 152 Å². The van der Waals surface area contributed by atoms with Gasteiger partial charge in [-0.05, 0) is 56.2 Å². The first-order valence-corrected chi connectivity index (χ1v) is 9.32. The number of rotatable bonds is 6. The fourth-order valence-corrected chi connectivity index (χ4v) is 3.95. The van der Waals surface area contributed by atoms with Gasteiger partial charge in [0.25, 0.3) is 5.91 Å². The molecule has 1 saturated heterocycles. The molecule has 25 heavy (non-hydrogen) atoms. The number of anilines is 1. The monoisotopic (exact) mass is 357 g/mol. The highest BCUT2D eigenvalue weighted by molar-refractivity contribution is 7.10. The number of hydrogen-bond acceptors (Lipinski definition) is 4. The van der Waals surface area contributed by atoms with E-state index in [0.29, 0.717) is 18.5 Å². The van der Waals surface area contributed by atoms with Crippen LogP contribution in [-0.4, -0.2) is 43.9 Å². The van der Waals surface area contributed by atoms with E-state index in [1.165, 1.54) is 4.88 Å². The number of nitrogens with zero attached hydrogens (tertiary/aromatic N) is 2. The number of nitrogens with one attached hydrogen (secondary N) is 1. The number of hydrogen-bond donors (Lipinski definition) is 1. The quantitative estimate of drug-likeness (QED) is 0.865. The molecule has 1 N–H and O–H groups in total. The van der Waals surface area contributed by atoms with Crippen LogP contribution < -0.4 is 10.2 Å². The van der Waals surface area contributed by atoms with Crippen molar-refractivity contribution in [2.45, 2.75) is 18.9 Å². The largest absolute Gasteiger partial charge is 0.350 e. The first-order chi connectivity index (χ1) is 12.1. The molecule has 6 heteroatoms. The third-order valence-electron chi connectivity index (χ3n) is 4.47. The molecule has 0 radical (unpaired) electrons. The van der Waals surface area contributed by atoms with Crippen LogP contribution in [0.1, 0.15) is 34.1 Å². The highest BCUT2D eigenvalue weighted by atomic mass is 32.1. The summed E-state index contributed by atoms with van der Waals surface area (Å²) in [7, 11) is 4.02. The molecule has 5 nitrogen and oxygen atoms in total. The minimum absolute atomic E-state index is 0.0947. The Bertz CT molecular complexity index is 726. The molecule has 3 rings (SSSR count). The summed E-state index contributed by atoms with van der Waals surface area (Å²) in [5, 5.41) is 5.06. The average Bonchev–Trinajstić information content (AvgIpc) is 3.26. The van der Waals surface area contributed by atoms with E-state index in [1.54, 1.807) is 28.4 Å². The van der Waals surface area contributed by atoms with Crippen molar-refractivity contribution in [1.29, 1.82) is 0 Å². The Morgan fingerprint density at radius 3 is 2.60 bits per heavy atom. The van der Waals surface area contributed by atoms with Gasteiger partial charge < -0.3 is 15.1 Å². The number of likely N-dealkylation sites (N-methyl/N-ethyl adjacent to an activating group) is 1. The lowest BCUT2D eigenvalue weighted by atomic mass is 10.1. The Kier molecular flexibility index (Phi) is 5.50. The molecule has 2 heterocycles. The smallest absolute Gasteiger partial charge is 0.251 e. The van der Waals surface area contributed by atoms with Crippen LogP contribution in [0, 0.1) is 0 Å². The normalized spacial score (nSPS) is 15.6. The Hall–Kier alpha value is -2.18. The molecule has 1 aromatic carbocycles. The van der Waals surface area contributed by atoms with Gasteiger partial charge in [0.2, 0.25) is 5.91 Å². The van der Waals surface area contributed by atoms with E-state index in [1.807, 2.05) is 37.7 Å². The fourth-order valence-electron chi connectivity index (χ4n) is 3.02. The predicted octanol–water partition coefficient (Wildman–Crippen LogP) is 2.91. The van der Waals surface area contributed by atoms with Gasteiger partial charge >= 0.3 is 0 Å². The maximum absolute atomic E-state index is 12.4. The third kappa shape index (κ3) is 4.08. The van der Waals surface area contributed by atoms with Gasteiger partial charge in [-0.3, -0.25) is 9.59 Å². The molecule has 0 aliphatic carbocycles. The second-order valence-corrected chi connectivity index (χ2v) is 7.38. The molecule has 2 aromatic rings. The van der Waals surface area contributed by atoms with Crippen molar-refractivity contribution in [2.24, 2.45) is 0 Å².